The number of imidazole rings is 1. The number of nitrogens with one attached hydrogen (secondary N) is 3. The number of ether oxygens (including phenoxy) is 1. The number of alkyl halides is 3. The molecule has 18 heteroatoms. The average Bonchev–Trinajstić information content (AvgIpc) is 3.95. The van der Waals surface area contributed by atoms with Crippen LogP contribution in [0.25, 0.3) is 21.9 Å². The van der Waals surface area contributed by atoms with Crippen LogP contribution >= 0.6 is 0 Å². The van der Waals surface area contributed by atoms with Gasteiger partial charge < -0.3 is 20.3 Å². The molecular weight excluding hydrogens is 808 g/mol. The van der Waals surface area contributed by atoms with Gasteiger partial charge in [0.05, 0.1) is 34.3 Å². The number of carbonyl (C=O) groups excluding carboxylic acids is 4. The third kappa shape index (κ3) is 8.31. The fourth-order valence-corrected chi connectivity index (χ4v) is 9.79. The maximum absolute atomic E-state index is 13.5. The molecule has 3 N–H and O–H groups in total. The van der Waals surface area contributed by atoms with Crippen molar-refractivity contribution in [1.29, 1.82) is 0 Å². The van der Waals surface area contributed by atoms with Gasteiger partial charge in [0.1, 0.15) is 29.8 Å². The van der Waals surface area contributed by atoms with Gasteiger partial charge in [0.25, 0.3) is 5.91 Å². The lowest BCUT2D eigenvalue weighted by atomic mass is 9.84. The summed E-state index contributed by atoms with van der Waals surface area (Å²) in [5.74, 6) is -0.573. The van der Waals surface area contributed by atoms with E-state index >= 15 is 0 Å². The van der Waals surface area contributed by atoms with E-state index in [1.807, 2.05) is 23.0 Å². The van der Waals surface area contributed by atoms with E-state index in [1.165, 1.54) is 6.07 Å². The van der Waals surface area contributed by atoms with Gasteiger partial charge in [-0.15, -0.1) is 0 Å². The number of hydrogen-bond acceptors (Lipinski definition) is 9. The first-order valence-corrected chi connectivity index (χ1v) is 21.4. The van der Waals surface area contributed by atoms with Crippen molar-refractivity contribution in [2.24, 2.45) is 13.0 Å². The number of imide groups is 1. The number of rotatable bonds is 10. The van der Waals surface area contributed by atoms with E-state index in [2.05, 4.69) is 31.9 Å². The lowest BCUT2D eigenvalue weighted by Gasteiger charge is -2.37. The molecule has 0 bridgehead atoms. The smallest absolute Gasteiger partial charge is 0.433 e. The quantitative estimate of drug-likeness (QED) is 0.151. The summed E-state index contributed by atoms with van der Waals surface area (Å²) in [6, 6.07) is 11.7. The molecule has 6 heterocycles. The Morgan fingerprint density at radius 3 is 2.40 bits per heavy atom. The number of para-hydroxylation sites is 1. The number of anilines is 1. The molecule has 1 unspecified atom stereocenters. The largest absolute Gasteiger partial charge is 0.489 e. The Kier molecular flexibility index (Phi) is 11.1. The maximum Gasteiger partial charge on any atom is 0.433 e. The van der Waals surface area contributed by atoms with Crippen molar-refractivity contribution in [2.75, 3.05) is 31.6 Å². The highest BCUT2D eigenvalue weighted by Crippen LogP contribution is 2.38. The minimum Gasteiger partial charge on any atom is -0.489 e. The first-order valence-electron chi connectivity index (χ1n) is 21.4. The number of carbonyl (C=O) groups is 4. The number of nitrogens with zero attached hydrogens (tertiary/aromatic N) is 6. The number of likely N-dealkylation sites (tertiary alicyclic amines) is 1. The number of amides is 4. The van der Waals surface area contributed by atoms with Gasteiger partial charge in [-0.25, -0.2) is 9.78 Å². The van der Waals surface area contributed by atoms with E-state index in [0.29, 0.717) is 30.7 Å². The highest BCUT2D eigenvalue weighted by Gasteiger charge is 2.35. The molecule has 2 atom stereocenters. The minimum absolute atomic E-state index is 0.0716. The van der Waals surface area contributed by atoms with E-state index in [0.717, 1.165) is 92.3 Å². The van der Waals surface area contributed by atoms with Crippen molar-refractivity contribution in [3.63, 3.8) is 0 Å². The van der Waals surface area contributed by atoms with E-state index in [1.54, 1.807) is 28.3 Å². The summed E-state index contributed by atoms with van der Waals surface area (Å²) in [4.78, 5) is 69.1. The molecule has 1 aliphatic carbocycles. The van der Waals surface area contributed by atoms with Crippen molar-refractivity contribution in [1.82, 2.24) is 39.4 Å². The highest BCUT2D eigenvalue weighted by molar-refractivity contribution is 6.05. The zero-order valence-corrected chi connectivity index (χ0v) is 34.2. The summed E-state index contributed by atoms with van der Waals surface area (Å²) in [7, 11) is 1.75. The summed E-state index contributed by atoms with van der Waals surface area (Å²) in [5, 5.41) is 13.6. The predicted molar refractivity (Wildman–Crippen MR) is 222 cm³/mol. The van der Waals surface area contributed by atoms with Crippen LogP contribution in [0.5, 0.6) is 5.75 Å². The van der Waals surface area contributed by atoms with Crippen LogP contribution < -0.4 is 26.4 Å². The van der Waals surface area contributed by atoms with Crippen LogP contribution in [0, 0.1) is 5.92 Å². The molecule has 9 rings (SSSR count). The number of aromatic nitrogens is 5. The van der Waals surface area contributed by atoms with E-state index in [4.69, 9.17) is 9.84 Å². The molecular formula is C44H48F3N9O6. The molecule has 4 fully saturated rings. The number of pyridine rings is 1. The van der Waals surface area contributed by atoms with Crippen LogP contribution in [0.4, 0.5) is 18.9 Å². The summed E-state index contributed by atoms with van der Waals surface area (Å²) in [6.45, 7) is 3.02. The number of halogens is 3. The van der Waals surface area contributed by atoms with Gasteiger partial charge >= 0.3 is 11.9 Å². The Hall–Kier alpha value is -6.04. The Morgan fingerprint density at radius 2 is 1.68 bits per heavy atom. The Bertz CT molecular complexity index is 2620. The van der Waals surface area contributed by atoms with Crippen molar-refractivity contribution in [3.05, 3.63) is 82.2 Å². The second-order valence-electron chi connectivity index (χ2n) is 17.1. The Morgan fingerprint density at radius 1 is 0.919 bits per heavy atom. The van der Waals surface area contributed by atoms with Crippen molar-refractivity contribution in [3.8, 4) is 5.75 Å². The number of aryl methyl sites for hydroxylation is 1. The number of piperidine rings is 2. The number of benzene rings is 2. The summed E-state index contributed by atoms with van der Waals surface area (Å²) in [5.41, 5.74) is 1.75. The lowest BCUT2D eigenvalue weighted by molar-refractivity contribution is -0.141. The fourth-order valence-electron chi connectivity index (χ4n) is 9.79. The monoisotopic (exact) mass is 855 g/mol. The zero-order valence-electron chi connectivity index (χ0n) is 34.2. The van der Waals surface area contributed by atoms with Crippen LogP contribution in [0.2, 0.25) is 0 Å². The molecule has 5 aromatic rings. The molecule has 0 spiro atoms. The molecule has 4 amide bonds. The van der Waals surface area contributed by atoms with E-state index < -0.39 is 35.4 Å². The molecule has 326 valence electrons. The van der Waals surface area contributed by atoms with E-state index in [-0.39, 0.29) is 60.0 Å². The van der Waals surface area contributed by atoms with Crippen molar-refractivity contribution >= 4 is 51.3 Å². The van der Waals surface area contributed by atoms with Gasteiger partial charge in [-0.1, -0.05) is 18.2 Å². The Balaban J connectivity index is 0.837. The molecule has 15 nitrogen and oxygen atoms in total. The fraction of sp³-hybridized carbons (Fsp3) is 0.477. The molecule has 62 heavy (non-hydrogen) atoms. The van der Waals surface area contributed by atoms with Crippen LogP contribution in [0.15, 0.2) is 59.5 Å². The topological polar surface area (TPSA) is 174 Å². The second-order valence-corrected chi connectivity index (χ2v) is 17.1. The molecule has 1 saturated carbocycles. The highest BCUT2D eigenvalue weighted by atomic mass is 19.4. The van der Waals surface area contributed by atoms with Crippen LogP contribution in [0.1, 0.15) is 104 Å². The second kappa shape index (κ2) is 16.7. The zero-order chi connectivity index (χ0) is 43.3. The normalized spacial score (nSPS) is 22.9. The predicted octanol–water partition coefficient (Wildman–Crippen LogP) is 5.60. The van der Waals surface area contributed by atoms with Crippen molar-refractivity contribution in [2.45, 2.75) is 94.4 Å². The lowest BCUT2D eigenvalue weighted by Crippen LogP contribution is -2.44. The van der Waals surface area contributed by atoms with Crippen LogP contribution in [0.3, 0.4) is 0 Å². The minimum atomic E-state index is -4.71. The molecule has 2 aromatic carbocycles. The number of fused-ring (bicyclic) bond motifs is 2. The van der Waals surface area contributed by atoms with Crippen molar-refractivity contribution < 1.29 is 37.1 Å². The summed E-state index contributed by atoms with van der Waals surface area (Å²) >= 11 is 0. The molecule has 3 aliphatic heterocycles. The van der Waals surface area contributed by atoms with Gasteiger partial charge in [0.15, 0.2) is 0 Å². The van der Waals surface area contributed by atoms with Crippen LogP contribution in [-0.4, -0.2) is 84.7 Å². The van der Waals surface area contributed by atoms with Gasteiger partial charge in [-0.2, -0.15) is 18.3 Å². The summed E-state index contributed by atoms with van der Waals surface area (Å²) < 4.78 is 51.3. The first kappa shape index (κ1) is 41.3. The average molecular weight is 856 g/mol. The molecule has 4 aliphatic rings. The van der Waals surface area contributed by atoms with Gasteiger partial charge in [-0.3, -0.25) is 38.3 Å². The third-order valence-electron chi connectivity index (χ3n) is 13.1. The van der Waals surface area contributed by atoms with Gasteiger partial charge in [0.2, 0.25) is 17.7 Å². The standard InChI is InChI=1S/C44H48F3N9O6/c1-53-40-30(4-2-6-34(40)56(43(53)61)35-13-15-39(58)51-42(35)60)26-16-18-54(19-17-26)22-25-8-11-29(12-9-25)55-23-27-20-33(50-41(59)31-5-3-7-37(49-31)44(45,46)47)36(21-32(27)52-55)62-24-28-10-14-38(57)48-28/h2-7,20-21,23,25-26,28-29,35H,8-19,22,24H2,1H3,(H,48,57)(H,50,59)(H,51,58,60)/t25-,28-,29-,35?/m1/s1. The Labute approximate surface area is 354 Å². The number of hydrogen-bond donors (Lipinski definition) is 3. The van der Waals surface area contributed by atoms with Gasteiger partial charge in [-0.05, 0) is 106 Å². The molecule has 3 saturated heterocycles. The molecule has 3 aromatic heterocycles. The van der Waals surface area contributed by atoms with Gasteiger partial charge in [0, 0.05) is 44.1 Å². The third-order valence-corrected chi connectivity index (χ3v) is 13.1. The summed E-state index contributed by atoms with van der Waals surface area (Å²) in [6.07, 6.45) is 4.53. The SMILES string of the molecule is Cn1c(=O)n(C2CCC(=O)NC2=O)c2cccc(C3CCN(C[C@H]4CC[C@H](n5cc6cc(NC(=O)c7cccc(C(F)(F)F)n7)c(OC[C@H]7CCC(=O)N7)cc6n5)CC4)CC3)c21. The first-order chi connectivity index (χ1) is 29.8. The van der Waals surface area contributed by atoms with Crippen LogP contribution in [-0.2, 0) is 27.6 Å². The van der Waals surface area contributed by atoms with E-state index in [9.17, 15) is 37.1 Å². The molecule has 0 radical (unpaired) electrons. The maximum atomic E-state index is 13.5.